The van der Waals surface area contributed by atoms with E-state index in [1.165, 1.54) is 18.2 Å². The van der Waals surface area contributed by atoms with Crippen molar-refractivity contribution >= 4 is 46.8 Å². The molecule has 0 atom stereocenters. The number of amides is 2. The lowest BCUT2D eigenvalue weighted by Gasteiger charge is -2.14. The van der Waals surface area contributed by atoms with E-state index in [2.05, 4.69) is 5.43 Å². The Labute approximate surface area is 212 Å². The molecule has 1 N–H and O–H groups in total. The Balaban J connectivity index is 1.46. The summed E-state index contributed by atoms with van der Waals surface area (Å²) in [5.41, 5.74) is 4.54. The van der Waals surface area contributed by atoms with E-state index in [0.29, 0.717) is 33.5 Å². The van der Waals surface area contributed by atoms with Crippen molar-refractivity contribution in [1.82, 2.24) is 5.43 Å². The highest BCUT2D eigenvalue weighted by Gasteiger charge is 2.34. The minimum Gasteiger partial charge on any atom is -0.493 e. The molecular weight excluding hydrogens is 491 g/mol. The first-order valence-corrected chi connectivity index (χ1v) is 11.4. The van der Waals surface area contributed by atoms with Gasteiger partial charge >= 0.3 is 0 Å². The summed E-state index contributed by atoms with van der Waals surface area (Å²) in [5, 5.41) is 2.14. The van der Waals surface area contributed by atoms with Gasteiger partial charge in [-0.25, -0.2) is 5.01 Å². The first kappa shape index (κ1) is 24.4. The highest BCUT2D eigenvalue weighted by Crippen LogP contribution is 2.37. The van der Waals surface area contributed by atoms with Crippen molar-refractivity contribution in [1.29, 1.82) is 0 Å². The maximum absolute atomic E-state index is 12.8. The van der Waals surface area contributed by atoms with E-state index in [1.807, 2.05) is 19.1 Å². The fourth-order valence-corrected chi connectivity index (χ4v) is 3.85. The van der Waals surface area contributed by atoms with E-state index >= 15 is 0 Å². The summed E-state index contributed by atoms with van der Waals surface area (Å²) in [6.07, 6.45) is 1.46. The number of hydrazine groups is 1. The van der Waals surface area contributed by atoms with Gasteiger partial charge in [-0.1, -0.05) is 41.4 Å². The number of methoxy groups -OCH3 is 1. The molecule has 4 rings (SSSR count). The molecule has 1 heterocycles. The van der Waals surface area contributed by atoms with E-state index in [4.69, 9.17) is 37.4 Å². The Kier molecular flexibility index (Phi) is 7.48. The van der Waals surface area contributed by atoms with Crippen LogP contribution in [0.2, 0.25) is 10.0 Å². The van der Waals surface area contributed by atoms with Crippen molar-refractivity contribution in [2.45, 2.75) is 6.92 Å². The van der Waals surface area contributed by atoms with Crippen LogP contribution >= 0.6 is 23.2 Å². The molecule has 3 aromatic carbocycles. The number of benzene rings is 3. The van der Waals surface area contributed by atoms with Crippen LogP contribution in [0.3, 0.4) is 0 Å². The molecule has 7 nitrogen and oxygen atoms in total. The Morgan fingerprint density at radius 1 is 0.943 bits per heavy atom. The van der Waals surface area contributed by atoms with Gasteiger partial charge in [0.1, 0.15) is 24.5 Å². The van der Waals surface area contributed by atoms with Gasteiger partial charge in [0.15, 0.2) is 11.5 Å². The highest BCUT2D eigenvalue weighted by atomic mass is 35.5. The topological polar surface area (TPSA) is 77.1 Å². The van der Waals surface area contributed by atoms with Crippen LogP contribution in [0.5, 0.6) is 17.2 Å². The maximum atomic E-state index is 12.8. The monoisotopic (exact) mass is 512 g/mol. The van der Waals surface area contributed by atoms with Crippen molar-refractivity contribution in [2.75, 3.05) is 25.3 Å². The molecule has 35 heavy (non-hydrogen) atoms. The van der Waals surface area contributed by atoms with Crippen LogP contribution < -0.4 is 24.6 Å². The van der Waals surface area contributed by atoms with Gasteiger partial charge in [-0.15, -0.1) is 0 Å². The molecule has 0 bridgehead atoms. The SMILES string of the molecule is COc1cc(/C=C2/C(=O)NN(c3ccccc3)C2=O)cc(Cl)c1OCCOc1ccc(Cl)c(C)c1. The number of carbonyl (C=O) groups is 2. The number of aryl methyl sites for hydroxylation is 1. The zero-order chi connectivity index (χ0) is 24.9. The molecule has 0 spiro atoms. The number of hydrogen-bond acceptors (Lipinski definition) is 5. The molecule has 180 valence electrons. The van der Waals surface area contributed by atoms with Crippen LogP contribution in [-0.2, 0) is 9.59 Å². The lowest BCUT2D eigenvalue weighted by Crippen LogP contribution is -2.35. The lowest BCUT2D eigenvalue weighted by molar-refractivity contribution is -0.117. The summed E-state index contributed by atoms with van der Waals surface area (Å²) in [6.45, 7) is 2.39. The number of nitrogens with zero attached hydrogens (tertiary/aromatic N) is 1. The van der Waals surface area contributed by atoms with Crippen molar-refractivity contribution in [3.8, 4) is 17.2 Å². The molecule has 1 aliphatic rings. The predicted octanol–water partition coefficient (Wildman–Crippen LogP) is 5.23. The highest BCUT2D eigenvalue weighted by molar-refractivity contribution is 6.33. The third-order valence-corrected chi connectivity index (χ3v) is 5.90. The number of ether oxygens (including phenoxy) is 3. The van der Waals surface area contributed by atoms with Crippen molar-refractivity contribution in [2.24, 2.45) is 0 Å². The van der Waals surface area contributed by atoms with Gasteiger partial charge in [0.25, 0.3) is 11.8 Å². The van der Waals surface area contributed by atoms with Crippen LogP contribution in [0.15, 0.2) is 66.2 Å². The fraction of sp³-hybridized carbons (Fsp3) is 0.154. The number of carbonyl (C=O) groups excluding carboxylic acids is 2. The summed E-state index contributed by atoms with van der Waals surface area (Å²) >= 11 is 12.5. The number of nitrogens with one attached hydrogen (secondary N) is 1. The number of rotatable bonds is 8. The first-order valence-electron chi connectivity index (χ1n) is 10.7. The normalized spacial score (nSPS) is 14.3. The summed E-state index contributed by atoms with van der Waals surface area (Å²) in [5.74, 6) is 0.396. The van der Waals surface area contributed by atoms with E-state index in [-0.39, 0.29) is 23.8 Å². The number of anilines is 1. The van der Waals surface area contributed by atoms with Crippen LogP contribution in [-0.4, -0.2) is 32.1 Å². The van der Waals surface area contributed by atoms with E-state index in [1.54, 1.807) is 48.5 Å². The largest absolute Gasteiger partial charge is 0.493 e. The van der Waals surface area contributed by atoms with Crippen LogP contribution in [0.4, 0.5) is 5.69 Å². The quantitative estimate of drug-likeness (QED) is 0.254. The summed E-state index contributed by atoms with van der Waals surface area (Å²) in [7, 11) is 1.48. The Bertz CT molecular complexity index is 1290. The zero-order valence-corrected chi connectivity index (χ0v) is 20.5. The van der Waals surface area contributed by atoms with Gasteiger partial charge < -0.3 is 14.2 Å². The minimum absolute atomic E-state index is 0.0210. The van der Waals surface area contributed by atoms with Crippen molar-refractivity contribution in [3.05, 3.63) is 87.4 Å². The van der Waals surface area contributed by atoms with Crippen LogP contribution in [0.25, 0.3) is 6.08 Å². The van der Waals surface area contributed by atoms with E-state index < -0.39 is 11.8 Å². The molecule has 2 amide bonds. The third-order valence-electron chi connectivity index (χ3n) is 5.20. The molecule has 9 heteroatoms. The maximum Gasteiger partial charge on any atom is 0.282 e. The van der Waals surface area contributed by atoms with Crippen molar-refractivity contribution in [3.63, 3.8) is 0 Å². The molecule has 1 aliphatic heterocycles. The first-order chi connectivity index (χ1) is 16.9. The summed E-state index contributed by atoms with van der Waals surface area (Å²) < 4.78 is 16.9. The zero-order valence-electron chi connectivity index (χ0n) is 19.0. The van der Waals surface area contributed by atoms with E-state index in [9.17, 15) is 9.59 Å². The third kappa shape index (κ3) is 5.53. The Morgan fingerprint density at radius 2 is 1.69 bits per heavy atom. The average molecular weight is 513 g/mol. The van der Waals surface area contributed by atoms with Crippen molar-refractivity contribution < 1.29 is 23.8 Å². The second-order valence-corrected chi connectivity index (χ2v) is 8.43. The molecule has 0 radical (unpaired) electrons. The minimum atomic E-state index is -0.510. The molecular formula is C26H22Cl2N2O5. The molecule has 3 aromatic rings. The van der Waals surface area contributed by atoms with Gasteiger partial charge in [-0.2, -0.15) is 0 Å². The predicted molar refractivity (Wildman–Crippen MR) is 135 cm³/mol. The smallest absolute Gasteiger partial charge is 0.282 e. The molecule has 0 aromatic heterocycles. The Hall–Kier alpha value is -3.68. The standard InChI is InChI=1S/C26H22Cl2N2O5/c1-16-12-19(8-9-21(16)27)34-10-11-35-24-22(28)14-17(15-23(24)33-2)13-20-25(31)29-30(26(20)32)18-6-4-3-5-7-18/h3-9,12-15H,10-11H2,1-2H3,(H,29,31)/b20-13-. The van der Waals surface area contributed by atoms with Gasteiger partial charge in [0.2, 0.25) is 0 Å². The number of hydrogen-bond donors (Lipinski definition) is 1. The Morgan fingerprint density at radius 3 is 2.40 bits per heavy atom. The second-order valence-electron chi connectivity index (χ2n) is 7.62. The summed E-state index contributed by atoms with van der Waals surface area (Å²) in [6, 6.07) is 17.5. The average Bonchev–Trinajstić information content (AvgIpc) is 3.13. The number of halogens is 2. The van der Waals surface area contributed by atoms with Crippen LogP contribution in [0, 0.1) is 6.92 Å². The molecule has 1 fully saturated rings. The lowest BCUT2D eigenvalue weighted by atomic mass is 10.1. The molecule has 0 saturated carbocycles. The van der Waals surface area contributed by atoms with Crippen LogP contribution in [0.1, 0.15) is 11.1 Å². The van der Waals surface area contributed by atoms with Gasteiger partial charge in [0, 0.05) is 5.02 Å². The second kappa shape index (κ2) is 10.7. The fourth-order valence-electron chi connectivity index (χ4n) is 3.46. The van der Waals surface area contributed by atoms with E-state index in [0.717, 1.165) is 5.56 Å². The van der Waals surface area contributed by atoms with Gasteiger partial charge in [0.05, 0.1) is 17.8 Å². The number of para-hydroxylation sites is 1. The molecule has 0 unspecified atom stereocenters. The van der Waals surface area contributed by atoms with Gasteiger partial charge in [-0.05, 0) is 66.6 Å². The van der Waals surface area contributed by atoms with Gasteiger partial charge in [-0.3, -0.25) is 15.0 Å². The summed E-state index contributed by atoms with van der Waals surface area (Å²) in [4.78, 5) is 25.3. The molecule has 0 aliphatic carbocycles. The molecule has 1 saturated heterocycles.